The minimum absolute atomic E-state index is 0.830. The van der Waals surface area contributed by atoms with Gasteiger partial charge in [0.1, 0.15) is 17.7 Å². The van der Waals surface area contributed by atoms with Crippen molar-refractivity contribution in [3.63, 3.8) is 0 Å². The first-order valence-electron chi connectivity index (χ1n) is 9.33. The molecule has 0 amide bonds. The molecular formula is C19H29N5. The van der Waals surface area contributed by atoms with E-state index in [0.29, 0.717) is 0 Å². The lowest BCUT2D eigenvalue weighted by Gasteiger charge is -2.35. The minimum atomic E-state index is 0.830. The highest BCUT2D eigenvalue weighted by Gasteiger charge is 2.28. The Morgan fingerprint density at radius 2 is 1.79 bits per heavy atom. The number of pyridine rings is 1. The second kappa shape index (κ2) is 7.40. The zero-order valence-corrected chi connectivity index (χ0v) is 15.3. The summed E-state index contributed by atoms with van der Waals surface area (Å²) >= 11 is 0. The maximum Gasteiger partial charge on any atom is 0.149 e. The Kier molecular flexibility index (Phi) is 5.25. The number of aromatic nitrogens is 1. The Hall–Kier alpha value is -1.80. The van der Waals surface area contributed by atoms with E-state index in [1.165, 1.54) is 30.4 Å². The summed E-state index contributed by atoms with van der Waals surface area (Å²) in [6.45, 7) is 10.2. The lowest BCUT2D eigenvalue weighted by Crippen LogP contribution is -2.35. The highest BCUT2D eigenvalue weighted by atomic mass is 15.3. The Balaban J connectivity index is 2.15. The molecule has 3 rings (SSSR count). The number of rotatable bonds is 4. The Morgan fingerprint density at radius 3 is 2.42 bits per heavy atom. The van der Waals surface area contributed by atoms with Gasteiger partial charge >= 0.3 is 0 Å². The average molecular weight is 327 g/mol. The second-order valence-electron chi connectivity index (χ2n) is 6.91. The number of nitrogens with zero attached hydrogens (tertiary/aromatic N) is 5. The molecule has 1 saturated heterocycles. The molecule has 0 spiro atoms. The number of anilines is 2. The van der Waals surface area contributed by atoms with Crippen LogP contribution in [-0.2, 0) is 13.0 Å². The zero-order valence-electron chi connectivity index (χ0n) is 15.3. The van der Waals surface area contributed by atoms with Gasteiger partial charge in [-0.1, -0.05) is 0 Å². The highest BCUT2D eigenvalue weighted by Crippen LogP contribution is 2.35. The average Bonchev–Trinajstić information content (AvgIpc) is 2.63. The van der Waals surface area contributed by atoms with Gasteiger partial charge in [-0.15, -0.1) is 0 Å². The van der Waals surface area contributed by atoms with E-state index in [1.54, 1.807) is 0 Å². The lowest BCUT2D eigenvalue weighted by atomic mass is 9.95. The Morgan fingerprint density at radius 1 is 1.08 bits per heavy atom. The van der Waals surface area contributed by atoms with Gasteiger partial charge in [0.25, 0.3) is 0 Å². The largest absolute Gasteiger partial charge is 0.357 e. The molecule has 0 aromatic carbocycles. The van der Waals surface area contributed by atoms with Gasteiger partial charge in [-0.25, -0.2) is 4.98 Å². The van der Waals surface area contributed by atoms with Crippen LogP contribution < -0.4 is 9.80 Å². The molecule has 1 aromatic heterocycles. The van der Waals surface area contributed by atoms with Crippen LogP contribution in [0.3, 0.4) is 0 Å². The topological polar surface area (TPSA) is 46.4 Å². The molecule has 1 aromatic rings. The van der Waals surface area contributed by atoms with Gasteiger partial charge in [0.2, 0.25) is 0 Å². The molecule has 130 valence electrons. The Bertz CT molecular complexity index is 624. The molecule has 0 saturated carbocycles. The van der Waals surface area contributed by atoms with Gasteiger partial charge < -0.3 is 14.7 Å². The standard InChI is InChI=1S/C19H29N5/c1-4-23(5-2)19-17-14-22(3)12-9-15(17)16(13-20)18(21-19)24-10-7-6-8-11-24/h4-12,14H2,1-3H3. The summed E-state index contributed by atoms with van der Waals surface area (Å²) in [6.07, 6.45) is 4.64. The normalized spacial score (nSPS) is 18.2. The van der Waals surface area contributed by atoms with Crippen molar-refractivity contribution in [2.75, 3.05) is 49.6 Å². The van der Waals surface area contributed by atoms with Crippen molar-refractivity contribution < 1.29 is 0 Å². The maximum atomic E-state index is 9.87. The molecule has 5 heteroatoms. The van der Waals surface area contributed by atoms with Crippen molar-refractivity contribution in [2.24, 2.45) is 0 Å². The molecule has 0 aliphatic carbocycles. The van der Waals surface area contributed by atoms with Crippen molar-refractivity contribution in [2.45, 2.75) is 46.1 Å². The number of fused-ring (bicyclic) bond motifs is 1. The molecular weight excluding hydrogens is 298 g/mol. The molecule has 3 heterocycles. The highest BCUT2D eigenvalue weighted by molar-refractivity contribution is 5.67. The van der Waals surface area contributed by atoms with Crippen LogP contribution in [0.1, 0.15) is 49.8 Å². The summed E-state index contributed by atoms with van der Waals surface area (Å²) in [6, 6.07) is 2.50. The van der Waals surface area contributed by atoms with E-state index < -0.39 is 0 Å². The fourth-order valence-electron chi connectivity index (χ4n) is 3.97. The predicted octanol–water partition coefficient (Wildman–Crippen LogP) is 2.78. The number of nitriles is 1. The Labute approximate surface area is 145 Å². The first kappa shape index (κ1) is 17.0. The molecule has 2 aliphatic rings. The summed E-state index contributed by atoms with van der Waals surface area (Å²) in [5.74, 6) is 2.03. The van der Waals surface area contributed by atoms with Gasteiger partial charge in [0.05, 0.1) is 5.56 Å². The molecule has 0 radical (unpaired) electrons. The summed E-state index contributed by atoms with van der Waals surface area (Å²) in [7, 11) is 2.15. The van der Waals surface area contributed by atoms with Gasteiger partial charge in [-0.3, -0.25) is 0 Å². The van der Waals surface area contributed by atoms with E-state index in [0.717, 1.165) is 62.9 Å². The quantitative estimate of drug-likeness (QED) is 0.851. The zero-order chi connectivity index (χ0) is 17.1. The molecule has 2 aliphatic heterocycles. The van der Waals surface area contributed by atoms with Gasteiger partial charge in [0, 0.05) is 44.8 Å². The fourth-order valence-corrected chi connectivity index (χ4v) is 3.97. The SMILES string of the molecule is CCN(CC)c1nc(N2CCCCC2)c(C#N)c2c1CN(C)CC2. The third-order valence-electron chi connectivity index (χ3n) is 5.37. The summed E-state index contributed by atoms with van der Waals surface area (Å²) in [4.78, 5) is 12.1. The first-order valence-corrected chi connectivity index (χ1v) is 9.33. The van der Waals surface area contributed by atoms with Crippen molar-refractivity contribution in [1.29, 1.82) is 5.26 Å². The smallest absolute Gasteiger partial charge is 0.149 e. The van der Waals surface area contributed by atoms with Crippen LogP contribution in [0.15, 0.2) is 0 Å². The predicted molar refractivity (Wildman–Crippen MR) is 98.6 cm³/mol. The molecule has 5 nitrogen and oxygen atoms in total. The number of hydrogen-bond donors (Lipinski definition) is 0. The van der Waals surface area contributed by atoms with E-state index in [1.807, 2.05) is 0 Å². The van der Waals surface area contributed by atoms with Gasteiger partial charge in [0.15, 0.2) is 0 Å². The maximum absolute atomic E-state index is 9.87. The third kappa shape index (κ3) is 3.08. The van der Waals surface area contributed by atoms with Gasteiger partial charge in [-0.05, 0) is 52.1 Å². The summed E-state index contributed by atoms with van der Waals surface area (Å²) in [5, 5.41) is 9.87. The van der Waals surface area contributed by atoms with Crippen molar-refractivity contribution in [3.05, 3.63) is 16.7 Å². The van der Waals surface area contributed by atoms with E-state index >= 15 is 0 Å². The van der Waals surface area contributed by atoms with Crippen LogP contribution in [0, 0.1) is 11.3 Å². The molecule has 0 unspecified atom stereocenters. The molecule has 1 fully saturated rings. The fraction of sp³-hybridized carbons (Fsp3) is 0.684. The minimum Gasteiger partial charge on any atom is -0.357 e. The molecule has 0 bridgehead atoms. The summed E-state index contributed by atoms with van der Waals surface area (Å²) < 4.78 is 0. The van der Waals surface area contributed by atoms with Crippen molar-refractivity contribution >= 4 is 11.6 Å². The summed E-state index contributed by atoms with van der Waals surface area (Å²) in [5.41, 5.74) is 3.34. The van der Waals surface area contributed by atoms with Crippen LogP contribution in [0.5, 0.6) is 0 Å². The third-order valence-corrected chi connectivity index (χ3v) is 5.37. The van der Waals surface area contributed by atoms with Crippen molar-refractivity contribution in [1.82, 2.24) is 9.88 Å². The van der Waals surface area contributed by atoms with Crippen LogP contribution in [0.4, 0.5) is 11.6 Å². The van der Waals surface area contributed by atoms with E-state index in [9.17, 15) is 5.26 Å². The van der Waals surface area contributed by atoms with Crippen LogP contribution >= 0.6 is 0 Å². The number of hydrogen-bond acceptors (Lipinski definition) is 5. The van der Waals surface area contributed by atoms with Crippen LogP contribution in [-0.4, -0.2) is 49.7 Å². The molecule has 0 atom stereocenters. The monoisotopic (exact) mass is 327 g/mol. The van der Waals surface area contributed by atoms with E-state index in [2.05, 4.69) is 41.7 Å². The molecule has 0 N–H and O–H groups in total. The van der Waals surface area contributed by atoms with E-state index in [-0.39, 0.29) is 0 Å². The number of likely N-dealkylation sites (N-methyl/N-ethyl adjacent to an activating group) is 1. The van der Waals surface area contributed by atoms with E-state index in [4.69, 9.17) is 4.98 Å². The van der Waals surface area contributed by atoms with Crippen LogP contribution in [0.25, 0.3) is 0 Å². The van der Waals surface area contributed by atoms with Crippen LogP contribution in [0.2, 0.25) is 0 Å². The first-order chi connectivity index (χ1) is 11.7. The van der Waals surface area contributed by atoms with Gasteiger partial charge in [-0.2, -0.15) is 5.26 Å². The molecule has 24 heavy (non-hydrogen) atoms. The van der Waals surface area contributed by atoms with Crippen molar-refractivity contribution in [3.8, 4) is 6.07 Å². The second-order valence-corrected chi connectivity index (χ2v) is 6.91. The lowest BCUT2D eigenvalue weighted by molar-refractivity contribution is 0.312. The number of piperidine rings is 1.